The molecular weight excluding hydrogens is 244 g/mol. The van der Waals surface area contributed by atoms with Crippen LogP contribution in [-0.4, -0.2) is 25.1 Å². The zero-order chi connectivity index (χ0) is 13.1. The van der Waals surface area contributed by atoms with Gasteiger partial charge in [0.05, 0.1) is 6.20 Å². The summed E-state index contributed by atoms with van der Waals surface area (Å²) in [7, 11) is 0. The zero-order valence-corrected chi connectivity index (χ0v) is 9.89. The van der Waals surface area contributed by atoms with Crippen LogP contribution in [0.15, 0.2) is 41.4 Å². The van der Waals surface area contributed by atoms with Gasteiger partial charge in [-0.1, -0.05) is 11.2 Å². The van der Waals surface area contributed by atoms with E-state index in [0.29, 0.717) is 29.6 Å². The molecule has 7 nitrogen and oxygen atoms in total. The second-order valence-corrected chi connectivity index (χ2v) is 3.77. The van der Waals surface area contributed by atoms with Crippen molar-refractivity contribution in [2.24, 2.45) is 5.73 Å². The van der Waals surface area contributed by atoms with Gasteiger partial charge < -0.3 is 10.3 Å². The van der Waals surface area contributed by atoms with E-state index in [2.05, 4.69) is 25.1 Å². The molecule has 0 atom stereocenters. The summed E-state index contributed by atoms with van der Waals surface area (Å²) in [5, 5.41) is 3.85. The van der Waals surface area contributed by atoms with E-state index in [1.807, 2.05) is 6.07 Å². The first-order valence-corrected chi connectivity index (χ1v) is 5.62. The van der Waals surface area contributed by atoms with Gasteiger partial charge in [-0.2, -0.15) is 4.98 Å². The molecule has 3 heterocycles. The number of nitrogens with zero attached hydrogens (tertiary/aromatic N) is 5. The monoisotopic (exact) mass is 254 g/mol. The van der Waals surface area contributed by atoms with Crippen molar-refractivity contribution in [3.05, 3.63) is 42.5 Å². The molecule has 19 heavy (non-hydrogen) atoms. The predicted molar refractivity (Wildman–Crippen MR) is 66.4 cm³/mol. The Morgan fingerprint density at radius 2 is 2.00 bits per heavy atom. The first kappa shape index (κ1) is 11.4. The lowest BCUT2D eigenvalue weighted by Gasteiger charge is -1.96. The largest absolute Gasteiger partial charge is 0.332 e. The Balaban J connectivity index is 1.92. The SMILES string of the molecule is NCc1ccc(-c2nc(-c3cnccn3)no2)nc1. The third kappa shape index (κ3) is 2.31. The summed E-state index contributed by atoms with van der Waals surface area (Å²) >= 11 is 0. The van der Waals surface area contributed by atoms with Gasteiger partial charge in [-0.15, -0.1) is 0 Å². The van der Waals surface area contributed by atoms with Gasteiger partial charge in [0, 0.05) is 25.1 Å². The normalized spacial score (nSPS) is 10.6. The minimum absolute atomic E-state index is 0.337. The van der Waals surface area contributed by atoms with Gasteiger partial charge in [0.2, 0.25) is 5.82 Å². The van der Waals surface area contributed by atoms with E-state index in [0.717, 1.165) is 5.56 Å². The molecule has 0 aliphatic rings. The van der Waals surface area contributed by atoms with Crippen LogP contribution in [0.4, 0.5) is 0 Å². The van der Waals surface area contributed by atoms with Gasteiger partial charge in [-0.3, -0.25) is 9.97 Å². The first-order chi connectivity index (χ1) is 9.36. The fourth-order valence-electron chi connectivity index (χ4n) is 1.52. The minimum atomic E-state index is 0.337. The summed E-state index contributed by atoms with van der Waals surface area (Å²) in [5.74, 6) is 0.719. The van der Waals surface area contributed by atoms with Gasteiger partial charge in [-0.25, -0.2) is 4.98 Å². The van der Waals surface area contributed by atoms with E-state index in [1.165, 1.54) is 0 Å². The lowest BCUT2D eigenvalue weighted by molar-refractivity contribution is 0.430. The van der Waals surface area contributed by atoms with Crippen molar-refractivity contribution in [1.29, 1.82) is 0 Å². The Labute approximate surface area is 108 Å². The molecule has 0 bridgehead atoms. The van der Waals surface area contributed by atoms with Crippen LogP contribution in [-0.2, 0) is 6.54 Å². The number of nitrogens with two attached hydrogens (primary N) is 1. The molecule has 0 aliphatic carbocycles. The molecule has 94 valence electrons. The number of pyridine rings is 1. The lowest BCUT2D eigenvalue weighted by atomic mass is 10.2. The number of rotatable bonds is 3. The fraction of sp³-hybridized carbons (Fsp3) is 0.0833. The maximum absolute atomic E-state index is 5.51. The van der Waals surface area contributed by atoms with Crippen LogP contribution in [0.3, 0.4) is 0 Å². The standard InChI is InChI=1S/C12H10N6O/c13-5-8-1-2-9(16-6-8)12-17-11(18-19-12)10-7-14-3-4-15-10/h1-4,6-7H,5,13H2. The summed E-state index contributed by atoms with van der Waals surface area (Å²) < 4.78 is 5.16. The molecule has 0 radical (unpaired) electrons. The zero-order valence-electron chi connectivity index (χ0n) is 9.89. The van der Waals surface area contributed by atoms with E-state index < -0.39 is 0 Å². The Morgan fingerprint density at radius 1 is 1.05 bits per heavy atom. The molecule has 0 amide bonds. The Morgan fingerprint density at radius 3 is 2.68 bits per heavy atom. The second-order valence-electron chi connectivity index (χ2n) is 3.77. The number of hydrogen-bond donors (Lipinski definition) is 1. The van der Waals surface area contributed by atoms with Gasteiger partial charge in [0.25, 0.3) is 5.89 Å². The second kappa shape index (κ2) is 4.91. The van der Waals surface area contributed by atoms with Crippen LogP contribution in [0.5, 0.6) is 0 Å². The van der Waals surface area contributed by atoms with Crippen LogP contribution in [0.1, 0.15) is 5.56 Å². The summed E-state index contributed by atoms with van der Waals surface area (Å²) in [6, 6.07) is 3.66. The van der Waals surface area contributed by atoms with Crippen LogP contribution in [0, 0.1) is 0 Å². The molecular formula is C12H10N6O. The average molecular weight is 254 g/mol. The Kier molecular flexibility index (Phi) is 2.95. The highest BCUT2D eigenvalue weighted by molar-refractivity contribution is 5.53. The number of aromatic nitrogens is 5. The maximum atomic E-state index is 5.51. The van der Waals surface area contributed by atoms with Crippen LogP contribution in [0.2, 0.25) is 0 Å². The molecule has 3 rings (SSSR count). The van der Waals surface area contributed by atoms with E-state index >= 15 is 0 Å². The van der Waals surface area contributed by atoms with Crippen molar-refractivity contribution in [3.8, 4) is 23.1 Å². The van der Waals surface area contributed by atoms with Crippen molar-refractivity contribution in [1.82, 2.24) is 25.1 Å². The molecule has 0 unspecified atom stereocenters. The van der Waals surface area contributed by atoms with E-state index in [4.69, 9.17) is 10.3 Å². The van der Waals surface area contributed by atoms with Crippen molar-refractivity contribution in [2.75, 3.05) is 0 Å². The average Bonchev–Trinajstić information content (AvgIpc) is 2.98. The minimum Gasteiger partial charge on any atom is -0.332 e. The number of hydrogen-bond acceptors (Lipinski definition) is 7. The topological polar surface area (TPSA) is 104 Å². The third-order valence-electron chi connectivity index (χ3n) is 2.50. The first-order valence-electron chi connectivity index (χ1n) is 5.62. The van der Waals surface area contributed by atoms with Gasteiger partial charge in [0.15, 0.2) is 0 Å². The maximum Gasteiger partial charge on any atom is 0.276 e. The quantitative estimate of drug-likeness (QED) is 0.744. The highest BCUT2D eigenvalue weighted by atomic mass is 16.5. The molecule has 0 aliphatic heterocycles. The van der Waals surface area contributed by atoms with Crippen LogP contribution >= 0.6 is 0 Å². The highest BCUT2D eigenvalue weighted by Gasteiger charge is 2.12. The van der Waals surface area contributed by atoms with Crippen molar-refractivity contribution in [3.63, 3.8) is 0 Å². The van der Waals surface area contributed by atoms with Gasteiger partial charge >= 0.3 is 0 Å². The lowest BCUT2D eigenvalue weighted by Crippen LogP contribution is -1.96. The molecule has 0 saturated heterocycles. The molecule has 0 spiro atoms. The predicted octanol–water partition coefficient (Wildman–Crippen LogP) is 1.05. The smallest absolute Gasteiger partial charge is 0.276 e. The molecule has 0 fully saturated rings. The Hall–Kier alpha value is -2.67. The summed E-state index contributed by atoms with van der Waals surface area (Å²) in [4.78, 5) is 16.5. The van der Waals surface area contributed by atoms with E-state index in [-0.39, 0.29) is 0 Å². The highest BCUT2D eigenvalue weighted by Crippen LogP contribution is 2.18. The molecule has 3 aromatic rings. The molecule has 7 heteroatoms. The van der Waals surface area contributed by atoms with E-state index in [9.17, 15) is 0 Å². The molecule has 0 saturated carbocycles. The van der Waals surface area contributed by atoms with Crippen molar-refractivity contribution < 1.29 is 4.52 Å². The van der Waals surface area contributed by atoms with Gasteiger partial charge in [0.1, 0.15) is 11.4 Å². The van der Waals surface area contributed by atoms with Gasteiger partial charge in [-0.05, 0) is 11.6 Å². The fourth-order valence-corrected chi connectivity index (χ4v) is 1.52. The van der Waals surface area contributed by atoms with Crippen LogP contribution in [0.25, 0.3) is 23.1 Å². The third-order valence-corrected chi connectivity index (χ3v) is 2.50. The molecule has 2 N–H and O–H groups in total. The molecule has 0 aromatic carbocycles. The van der Waals surface area contributed by atoms with Crippen molar-refractivity contribution >= 4 is 0 Å². The van der Waals surface area contributed by atoms with E-state index in [1.54, 1.807) is 30.9 Å². The summed E-state index contributed by atoms with van der Waals surface area (Å²) in [6.45, 7) is 0.446. The molecule has 3 aromatic heterocycles. The Bertz CT molecular complexity index is 664. The van der Waals surface area contributed by atoms with Crippen molar-refractivity contribution in [2.45, 2.75) is 6.54 Å². The van der Waals surface area contributed by atoms with Crippen LogP contribution < -0.4 is 5.73 Å². The summed E-state index contributed by atoms with van der Waals surface area (Å²) in [6.07, 6.45) is 6.40. The summed E-state index contributed by atoms with van der Waals surface area (Å²) in [5.41, 5.74) is 7.60.